The summed E-state index contributed by atoms with van der Waals surface area (Å²) in [5, 5.41) is 0. The topological polar surface area (TPSA) is 55.6 Å². The molecule has 4 heteroatoms. The van der Waals surface area contributed by atoms with Gasteiger partial charge < -0.3 is 10.5 Å². The number of primary amides is 1. The maximum atomic E-state index is 11.0. The Hall–Kier alpha value is -2.61. The zero-order valence-electron chi connectivity index (χ0n) is 13.5. The first-order valence-corrected chi connectivity index (χ1v) is 8.02. The lowest BCUT2D eigenvalue weighted by atomic mass is 10.1. The van der Waals surface area contributed by atoms with E-state index in [0.29, 0.717) is 5.56 Å². The molecule has 2 N–H and O–H groups in total. The highest BCUT2D eigenvalue weighted by Crippen LogP contribution is 2.09. The van der Waals surface area contributed by atoms with Crippen LogP contribution in [-0.4, -0.2) is 37.1 Å². The van der Waals surface area contributed by atoms with Crippen LogP contribution in [-0.2, 0) is 11.3 Å². The van der Waals surface area contributed by atoms with Crippen LogP contribution in [0.5, 0.6) is 0 Å². The highest BCUT2D eigenvalue weighted by molar-refractivity contribution is 5.92. The molecule has 1 saturated heterocycles. The fourth-order valence-corrected chi connectivity index (χ4v) is 2.57. The number of carbonyl (C=O) groups excluding carboxylic acids is 1. The number of hydrogen-bond donors (Lipinski definition) is 1. The van der Waals surface area contributed by atoms with Gasteiger partial charge in [0.15, 0.2) is 0 Å². The van der Waals surface area contributed by atoms with E-state index in [4.69, 9.17) is 10.5 Å². The molecule has 0 unspecified atom stereocenters. The molecule has 0 spiro atoms. The van der Waals surface area contributed by atoms with Gasteiger partial charge in [-0.25, -0.2) is 0 Å². The van der Waals surface area contributed by atoms with Crippen LogP contribution in [0.1, 0.15) is 27.0 Å². The Balaban J connectivity index is 1.62. The van der Waals surface area contributed by atoms with E-state index in [1.807, 2.05) is 12.1 Å². The number of carbonyl (C=O) groups is 1. The summed E-state index contributed by atoms with van der Waals surface area (Å²) in [4.78, 5) is 13.4. The minimum atomic E-state index is -0.426. The van der Waals surface area contributed by atoms with Crippen molar-refractivity contribution in [3.05, 3.63) is 70.8 Å². The highest BCUT2D eigenvalue weighted by atomic mass is 16.5. The van der Waals surface area contributed by atoms with Crippen LogP contribution in [0, 0.1) is 11.8 Å². The molecule has 0 saturated carbocycles. The summed E-state index contributed by atoms with van der Waals surface area (Å²) in [6, 6.07) is 15.3. The van der Waals surface area contributed by atoms with Gasteiger partial charge in [0, 0.05) is 36.3 Å². The van der Waals surface area contributed by atoms with Gasteiger partial charge in [-0.15, -0.1) is 0 Å². The number of hydrogen-bond acceptors (Lipinski definition) is 3. The third-order valence-electron chi connectivity index (χ3n) is 3.98. The predicted molar refractivity (Wildman–Crippen MR) is 93.5 cm³/mol. The van der Waals surface area contributed by atoms with E-state index in [0.717, 1.165) is 44.0 Å². The van der Waals surface area contributed by atoms with Crippen molar-refractivity contribution in [1.29, 1.82) is 0 Å². The Morgan fingerprint density at radius 3 is 2.04 bits per heavy atom. The molecule has 4 nitrogen and oxygen atoms in total. The van der Waals surface area contributed by atoms with Crippen LogP contribution in [0.2, 0.25) is 0 Å². The first-order valence-electron chi connectivity index (χ1n) is 8.02. The Labute approximate surface area is 142 Å². The predicted octanol–water partition coefficient (Wildman–Crippen LogP) is 2.02. The third kappa shape index (κ3) is 4.45. The minimum Gasteiger partial charge on any atom is -0.379 e. The maximum Gasteiger partial charge on any atom is 0.248 e. The summed E-state index contributed by atoms with van der Waals surface area (Å²) in [6.07, 6.45) is 0. The number of ether oxygens (including phenoxy) is 1. The van der Waals surface area contributed by atoms with Crippen molar-refractivity contribution in [2.45, 2.75) is 6.54 Å². The van der Waals surface area contributed by atoms with Gasteiger partial charge in [-0.2, -0.15) is 0 Å². The van der Waals surface area contributed by atoms with Gasteiger partial charge in [0.25, 0.3) is 0 Å². The van der Waals surface area contributed by atoms with Crippen molar-refractivity contribution in [2.75, 3.05) is 26.3 Å². The Morgan fingerprint density at radius 1 is 0.958 bits per heavy atom. The number of amides is 1. The van der Waals surface area contributed by atoms with Crippen LogP contribution in [0.3, 0.4) is 0 Å². The number of morpholine rings is 1. The van der Waals surface area contributed by atoms with Crippen LogP contribution in [0.25, 0.3) is 0 Å². The van der Waals surface area contributed by atoms with E-state index in [-0.39, 0.29) is 0 Å². The normalized spacial score (nSPS) is 14.7. The quantitative estimate of drug-likeness (QED) is 0.880. The number of nitrogens with zero attached hydrogens (tertiary/aromatic N) is 1. The van der Waals surface area contributed by atoms with E-state index in [1.54, 1.807) is 24.3 Å². The van der Waals surface area contributed by atoms with Crippen molar-refractivity contribution in [1.82, 2.24) is 4.90 Å². The second-order valence-electron chi connectivity index (χ2n) is 5.78. The summed E-state index contributed by atoms with van der Waals surface area (Å²) in [5.74, 6) is 5.81. The van der Waals surface area contributed by atoms with Gasteiger partial charge in [-0.1, -0.05) is 24.0 Å². The van der Waals surface area contributed by atoms with E-state index < -0.39 is 5.91 Å². The lowest BCUT2D eigenvalue weighted by Gasteiger charge is -2.26. The molecule has 122 valence electrons. The molecular weight excluding hydrogens is 300 g/mol. The zero-order chi connectivity index (χ0) is 16.8. The molecule has 2 aromatic carbocycles. The Bertz CT molecular complexity index is 749. The summed E-state index contributed by atoms with van der Waals surface area (Å²) in [6.45, 7) is 4.56. The van der Waals surface area contributed by atoms with Crippen LogP contribution in [0.4, 0.5) is 0 Å². The molecule has 24 heavy (non-hydrogen) atoms. The molecule has 3 rings (SSSR count). The van der Waals surface area contributed by atoms with E-state index in [9.17, 15) is 4.79 Å². The molecular formula is C20H20N2O2. The average Bonchev–Trinajstić information content (AvgIpc) is 2.62. The van der Waals surface area contributed by atoms with Crippen molar-refractivity contribution < 1.29 is 9.53 Å². The molecule has 0 bridgehead atoms. The smallest absolute Gasteiger partial charge is 0.248 e. The monoisotopic (exact) mass is 320 g/mol. The molecule has 1 amide bonds. The Kier molecular flexibility index (Phi) is 5.27. The van der Waals surface area contributed by atoms with Gasteiger partial charge in [-0.3, -0.25) is 9.69 Å². The number of benzene rings is 2. The van der Waals surface area contributed by atoms with Crippen molar-refractivity contribution in [2.24, 2.45) is 5.73 Å². The van der Waals surface area contributed by atoms with Crippen molar-refractivity contribution in [3.8, 4) is 11.8 Å². The largest absolute Gasteiger partial charge is 0.379 e. The van der Waals surface area contributed by atoms with Crippen molar-refractivity contribution >= 4 is 5.91 Å². The van der Waals surface area contributed by atoms with Gasteiger partial charge in [0.05, 0.1) is 13.2 Å². The molecule has 1 aliphatic rings. The standard InChI is InChI=1S/C20H20N2O2/c21-20(23)19-9-7-17(8-10-19)2-1-16-3-5-18(6-4-16)15-22-11-13-24-14-12-22/h3-10H,11-15H2,(H2,21,23). The van der Waals surface area contributed by atoms with Crippen molar-refractivity contribution in [3.63, 3.8) is 0 Å². The fraction of sp³-hybridized carbons (Fsp3) is 0.250. The van der Waals surface area contributed by atoms with E-state index >= 15 is 0 Å². The van der Waals surface area contributed by atoms with Gasteiger partial charge >= 0.3 is 0 Å². The molecule has 2 aromatic rings. The van der Waals surface area contributed by atoms with Crippen LogP contribution >= 0.6 is 0 Å². The zero-order valence-corrected chi connectivity index (χ0v) is 13.5. The van der Waals surface area contributed by atoms with E-state index in [1.165, 1.54) is 5.56 Å². The van der Waals surface area contributed by atoms with Gasteiger partial charge in [-0.05, 0) is 42.0 Å². The first kappa shape index (κ1) is 16.3. The van der Waals surface area contributed by atoms with Crippen LogP contribution < -0.4 is 5.73 Å². The molecule has 1 heterocycles. The highest BCUT2D eigenvalue weighted by Gasteiger charge is 2.10. The number of rotatable bonds is 3. The second-order valence-corrected chi connectivity index (χ2v) is 5.78. The van der Waals surface area contributed by atoms with Gasteiger partial charge in [0.1, 0.15) is 0 Å². The lowest BCUT2D eigenvalue weighted by molar-refractivity contribution is 0.0342. The third-order valence-corrected chi connectivity index (χ3v) is 3.98. The molecule has 0 aromatic heterocycles. The fourth-order valence-electron chi connectivity index (χ4n) is 2.57. The Morgan fingerprint density at radius 2 is 1.50 bits per heavy atom. The van der Waals surface area contributed by atoms with E-state index in [2.05, 4.69) is 28.9 Å². The molecule has 0 radical (unpaired) electrons. The molecule has 1 aliphatic heterocycles. The summed E-state index contributed by atoms with van der Waals surface area (Å²) >= 11 is 0. The summed E-state index contributed by atoms with van der Waals surface area (Å²) in [5.41, 5.74) is 8.83. The maximum absolute atomic E-state index is 11.0. The summed E-state index contributed by atoms with van der Waals surface area (Å²) < 4.78 is 5.37. The summed E-state index contributed by atoms with van der Waals surface area (Å²) in [7, 11) is 0. The van der Waals surface area contributed by atoms with Crippen LogP contribution in [0.15, 0.2) is 48.5 Å². The first-order chi connectivity index (χ1) is 11.7. The number of nitrogens with two attached hydrogens (primary N) is 1. The second kappa shape index (κ2) is 7.78. The van der Waals surface area contributed by atoms with Gasteiger partial charge in [0.2, 0.25) is 5.91 Å². The minimum absolute atomic E-state index is 0.426. The SMILES string of the molecule is NC(=O)c1ccc(C#Cc2ccc(CN3CCOCC3)cc2)cc1. The average molecular weight is 320 g/mol. The lowest BCUT2D eigenvalue weighted by Crippen LogP contribution is -2.35. The molecule has 1 fully saturated rings. The molecule has 0 aliphatic carbocycles. The molecule has 0 atom stereocenters.